The van der Waals surface area contributed by atoms with Gasteiger partial charge in [0.05, 0.1) is 11.0 Å². The van der Waals surface area contributed by atoms with Crippen LogP contribution in [0.15, 0.2) is 48.5 Å². The summed E-state index contributed by atoms with van der Waals surface area (Å²) in [5.41, 5.74) is 3.14. The number of aryl methyl sites for hydroxylation is 1. The predicted octanol–water partition coefficient (Wildman–Crippen LogP) is 5.15. The van der Waals surface area contributed by atoms with Crippen molar-refractivity contribution in [2.45, 2.75) is 26.3 Å². The van der Waals surface area contributed by atoms with Gasteiger partial charge >= 0.3 is 0 Å². The Morgan fingerprint density at radius 3 is 2.59 bits per heavy atom. The maximum Gasteiger partial charge on any atom is 0.133 e. The molecule has 0 saturated heterocycles. The fourth-order valence-corrected chi connectivity index (χ4v) is 2.52. The second-order valence-corrected chi connectivity index (χ2v) is 5.35. The van der Waals surface area contributed by atoms with Gasteiger partial charge in [0, 0.05) is 6.54 Å². The van der Waals surface area contributed by atoms with E-state index in [4.69, 9.17) is 4.98 Å². The number of benzene rings is 2. The highest BCUT2D eigenvalue weighted by Gasteiger charge is 2.07. The minimum Gasteiger partial charge on any atom is -0.324 e. The third kappa shape index (κ3) is 3.08. The lowest BCUT2D eigenvalue weighted by atomic mass is 10.2. The largest absolute Gasteiger partial charge is 0.324 e. The standard InChI is InChI=1S/C19H19FN2/c1-2-3-14-22-18-7-5-4-6-17(18)21-19(22)13-10-15-8-11-16(20)12-9-15/h4-13H,2-3,14H2,1H3/b13-10+. The second-order valence-electron chi connectivity index (χ2n) is 5.35. The van der Waals surface area contributed by atoms with Gasteiger partial charge in [0.25, 0.3) is 0 Å². The van der Waals surface area contributed by atoms with Gasteiger partial charge in [-0.15, -0.1) is 0 Å². The molecule has 2 nitrogen and oxygen atoms in total. The summed E-state index contributed by atoms with van der Waals surface area (Å²) in [6, 6.07) is 14.7. The second kappa shape index (κ2) is 6.56. The quantitative estimate of drug-likeness (QED) is 0.636. The Morgan fingerprint density at radius 2 is 1.82 bits per heavy atom. The molecule has 1 heterocycles. The third-order valence-corrected chi connectivity index (χ3v) is 3.71. The average molecular weight is 294 g/mol. The Morgan fingerprint density at radius 1 is 1.05 bits per heavy atom. The van der Waals surface area contributed by atoms with Crippen LogP contribution in [0.25, 0.3) is 23.2 Å². The van der Waals surface area contributed by atoms with Gasteiger partial charge in [-0.1, -0.05) is 43.7 Å². The highest BCUT2D eigenvalue weighted by molar-refractivity contribution is 5.79. The van der Waals surface area contributed by atoms with Crippen molar-refractivity contribution in [2.24, 2.45) is 0 Å². The van der Waals surface area contributed by atoms with Crippen molar-refractivity contribution >= 4 is 23.2 Å². The summed E-state index contributed by atoms with van der Waals surface area (Å²) in [6.45, 7) is 3.15. The Hall–Kier alpha value is -2.42. The van der Waals surface area contributed by atoms with Crippen LogP contribution >= 0.6 is 0 Å². The first-order valence-corrected chi connectivity index (χ1v) is 7.67. The summed E-state index contributed by atoms with van der Waals surface area (Å²) in [4.78, 5) is 4.70. The minimum absolute atomic E-state index is 0.215. The van der Waals surface area contributed by atoms with Gasteiger partial charge in [-0.05, 0) is 42.3 Å². The van der Waals surface area contributed by atoms with Crippen molar-refractivity contribution in [3.05, 3.63) is 65.7 Å². The molecule has 0 amide bonds. The van der Waals surface area contributed by atoms with Gasteiger partial charge in [0.1, 0.15) is 11.6 Å². The van der Waals surface area contributed by atoms with Crippen molar-refractivity contribution in [1.82, 2.24) is 9.55 Å². The molecule has 0 aliphatic carbocycles. The molecular weight excluding hydrogens is 275 g/mol. The summed E-state index contributed by atoms with van der Waals surface area (Å²) in [5, 5.41) is 0. The molecule has 0 fully saturated rings. The summed E-state index contributed by atoms with van der Waals surface area (Å²) in [5.74, 6) is 0.728. The average Bonchev–Trinajstić information content (AvgIpc) is 2.90. The molecule has 3 rings (SSSR count). The first-order valence-electron chi connectivity index (χ1n) is 7.67. The van der Waals surface area contributed by atoms with Crippen LogP contribution in [-0.2, 0) is 6.54 Å². The van der Waals surface area contributed by atoms with E-state index >= 15 is 0 Å². The monoisotopic (exact) mass is 294 g/mol. The molecule has 0 N–H and O–H groups in total. The van der Waals surface area contributed by atoms with Gasteiger partial charge < -0.3 is 4.57 Å². The van der Waals surface area contributed by atoms with Crippen LogP contribution in [0, 0.1) is 5.82 Å². The lowest BCUT2D eigenvalue weighted by Gasteiger charge is -2.05. The van der Waals surface area contributed by atoms with E-state index < -0.39 is 0 Å². The topological polar surface area (TPSA) is 17.8 Å². The number of hydrogen-bond donors (Lipinski definition) is 0. The molecule has 0 aliphatic rings. The molecule has 22 heavy (non-hydrogen) atoms. The smallest absolute Gasteiger partial charge is 0.133 e. The van der Waals surface area contributed by atoms with E-state index in [1.807, 2.05) is 30.4 Å². The van der Waals surface area contributed by atoms with Crippen LogP contribution in [0.5, 0.6) is 0 Å². The number of unbranched alkanes of at least 4 members (excludes halogenated alkanes) is 1. The number of halogens is 1. The Balaban J connectivity index is 1.96. The molecule has 1 aromatic heterocycles. The van der Waals surface area contributed by atoms with Crippen molar-refractivity contribution in [2.75, 3.05) is 0 Å². The van der Waals surface area contributed by atoms with Crippen LogP contribution in [-0.4, -0.2) is 9.55 Å². The molecule has 0 aliphatic heterocycles. The molecule has 112 valence electrons. The van der Waals surface area contributed by atoms with Gasteiger partial charge in [-0.25, -0.2) is 9.37 Å². The number of rotatable bonds is 5. The highest BCUT2D eigenvalue weighted by atomic mass is 19.1. The fourth-order valence-electron chi connectivity index (χ4n) is 2.52. The van der Waals surface area contributed by atoms with E-state index in [0.29, 0.717) is 0 Å². The van der Waals surface area contributed by atoms with Gasteiger partial charge in [0.2, 0.25) is 0 Å². The van der Waals surface area contributed by atoms with Crippen LogP contribution in [0.3, 0.4) is 0 Å². The van der Waals surface area contributed by atoms with E-state index in [9.17, 15) is 4.39 Å². The third-order valence-electron chi connectivity index (χ3n) is 3.71. The van der Waals surface area contributed by atoms with E-state index in [-0.39, 0.29) is 5.82 Å². The SMILES string of the molecule is CCCCn1c(/C=C/c2ccc(F)cc2)nc2ccccc21. The fraction of sp³-hybridized carbons (Fsp3) is 0.211. The lowest BCUT2D eigenvalue weighted by Crippen LogP contribution is -2.00. The number of hydrogen-bond acceptors (Lipinski definition) is 1. The maximum atomic E-state index is 13.0. The zero-order chi connectivity index (χ0) is 15.4. The normalized spacial score (nSPS) is 11.5. The molecule has 2 aromatic carbocycles. The Kier molecular flexibility index (Phi) is 4.33. The van der Waals surface area contributed by atoms with Crippen LogP contribution < -0.4 is 0 Å². The van der Waals surface area contributed by atoms with Gasteiger partial charge in [0.15, 0.2) is 0 Å². The van der Waals surface area contributed by atoms with Crippen molar-refractivity contribution in [3.8, 4) is 0 Å². The zero-order valence-corrected chi connectivity index (χ0v) is 12.7. The summed E-state index contributed by atoms with van der Waals surface area (Å²) in [7, 11) is 0. The first kappa shape index (κ1) is 14.5. The molecule has 0 unspecified atom stereocenters. The van der Waals surface area contributed by atoms with E-state index in [1.54, 1.807) is 12.1 Å². The molecular formula is C19H19FN2. The molecule has 0 radical (unpaired) electrons. The number of aromatic nitrogens is 2. The summed E-state index contributed by atoms with van der Waals surface area (Å²) >= 11 is 0. The summed E-state index contributed by atoms with van der Waals surface area (Å²) in [6.07, 6.45) is 6.25. The van der Waals surface area contributed by atoms with E-state index in [1.165, 1.54) is 12.1 Å². The number of imidazole rings is 1. The Bertz CT molecular complexity index is 785. The molecule has 0 bridgehead atoms. The van der Waals surface area contributed by atoms with Crippen LogP contribution in [0.2, 0.25) is 0 Å². The zero-order valence-electron chi connectivity index (χ0n) is 12.7. The Labute approximate surface area is 129 Å². The van der Waals surface area contributed by atoms with Crippen molar-refractivity contribution < 1.29 is 4.39 Å². The maximum absolute atomic E-state index is 13.0. The van der Waals surface area contributed by atoms with Crippen molar-refractivity contribution in [1.29, 1.82) is 0 Å². The van der Waals surface area contributed by atoms with E-state index in [2.05, 4.69) is 17.6 Å². The number of para-hydroxylation sites is 2. The number of fused-ring (bicyclic) bond motifs is 1. The molecule has 0 spiro atoms. The molecule has 0 saturated carbocycles. The molecule has 0 atom stereocenters. The van der Waals surface area contributed by atoms with Crippen LogP contribution in [0.1, 0.15) is 31.2 Å². The highest BCUT2D eigenvalue weighted by Crippen LogP contribution is 2.19. The van der Waals surface area contributed by atoms with Gasteiger partial charge in [-0.2, -0.15) is 0 Å². The molecule has 3 aromatic rings. The van der Waals surface area contributed by atoms with E-state index in [0.717, 1.165) is 41.8 Å². The first-order chi connectivity index (χ1) is 10.8. The summed E-state index contributed by atoms with van der Waals surface area (Å²) < 4.78 is 15.2. The lowest BCUT2D eigenvalue weighted by molar-refractivity contribution is 0.628. The predicted molar refractivity (Wildman–Crippen MR) is 90.0 cm³/mol. The van der Waals surface area contributed by atoms with Gasteiger partial charge in [-0.3, -0.25) is 0 Å². The number of nitrogens with zero attached hydrogens (tertiary/aromatic N) is 2. The minimum atomic E-state index is -0.215. The van der Waals surface area contributed by atoms with Crippen molar-refractivity contribution in [3.63, 3.8) is 0 Å². The molecule has 3 heteroatoms. The van der Waals surface area contributed by atoms with Crippen LogP contribution in [0.4, 0.5) is 4.39 Å².